The van der Waals surface area contributed by atoms with Crippen molar-refractivity contribution in [2.45, 2.75) is 32.9 Å². The van der Waals surface area contributed by atoms with Crippen LogP contribution in [0.15, 0.2) is 18.2 Å². The van der Waals surface area contributed by atoms with Crippen LogP contribution < -0.4 is 20.1 Å². The number of benzene rings is 1. The second-order valence-electron chi connectivity index (χ2n) is 4.61. The van der Waals surface area contributed by atoms with Gasteiger partial charge in [-0.25, -0.2) is 0 Å². The number of hydrogen-bond donors (Lipinski definition) is 2. The van der Waals surface area contributed by atoms with Crippen LogP contribution in [0.3, 0.4) is 0 Å². The molecule has 0 radical (unpaired) electrons. The van der Waals surface area contributed by atoms with E-state index in [0.717, 1.165) is 17.1 Å². The van der Waals surface area contributed by atoms with Crippen molar-refractivity contribution in [3.63, 3.8) is 0 Å². The third-order valence-corrected chi connectivity index (χ3v) is 3.15. The van der Waals surface area contributed by atoms with E-state index in [4.69, 9.17) is 9.47 Å². The molecule has 2 N–H and O–H groups in total. The summed E-state index contributed by atoms with van der Waals surface area (Å²) in [7, 11) is 3.26. The topological polar surface area (TPSA) is 59.6 Å². The second kappa shape index (κ2) is 7.75. The fourth-order valence-electron chi connectivity index (χ4n) is 2.05. The first-order chi connectivity index (χ1) is 9.53. The summed E-state index contributed by atoms with van der Waals surface area (Å²) in [6, 6.07) is 5.32. The predicted octanol–water partition coefficient (Wildman–Crippen LogP) is 1.88. The maximum absolute atomic E-state index is 11.8. The van der Waals surface area contributed by atoms with Gasteiger partial charge in [-0.15, -0.1) is 0 Å². The monoisotopic (exact) mass is 280 g/mol. The third-order valence-electron chi connectivity index (χ3n) is 3.15. The van der Waals surface area contributed by atoms with Crippen molar-refractivity contribution in [2.75, 3.05) is 20.8 Å². The zero-order chi connectivity index (χ0) is 15.1. The molecule has 0 aliphatic carbocycles. The van der Waals surface area contributed by atoms with E-state index in [-0.39, 0.29) is 18.0 Å². The Kier molecular flexibility index (Phi) is 6.31. The summed E-state index contributed by atoms with van der Waals surface area (Å²) in [6.45, 7) is 6.36. The summed E-state index contributed by atoms with van der Waals surface area (Å²) in [5.74, 6) is 1.52. The minimum Gasteiger partial charge on any atom is -0.497 e. The standard InChI is InChI=1S/C15H24N2O3/c1-6-16-15(18)11(3)17-10(2)13-9-12(19-4)7-8-14(13)20-5/h7-11,17H,6H2,1-5H3,(H,16,18). The Bertz CT molecular complexity index is 449. The molecule has 0 aliphatic rings. The van der Waals surface area contributed by atoms with Gasteiger partial charge < -0.3 is 14.8 Å². The Morgan fingerprint density at radius 2 is 1.95 bits per heavy atom. The van der Waals surface area contributed by atoms with E-state index < -0.39 is 0 Å². The van der Waals surface area contributed by atoms with Crippen LogP contribution in [-0.2, 0) is 4.79 Å². The number of amides is 1. The number of carbonyl (C=O) groups is 1. The molecule has 1 rings (SSSR count). The first-order valence-electron chi connectivity index (χ1n) is 6.79. The molecule has 20 heavy (non-hydrogen) atoms. The van der Waals surface area contributed by atoms with Crippen molar-refractivity contribution in [2.24, 2.45) is 0 Å². The van der Waals surface area contributed by atoms with E-state index >= 15 is 0 Å². The predicted molar refractivity (Wildman–Crippen MR) is 79.2 cm³/mol. The summed E-state index contributed by atoms with van der Waals surface area (Å²) in [5, 5.41) is 6.06. The van der Waals surface area contributed by atoms with Gasteiger partial charge in [0.1, 0.15) is 11.5 Å². The lowest BCUT2D eigenvalue weighted by molar-refractivity contribution is -0.122. The van der Waals surface area contributed by atoms with E-state index in [1.165, 1.54) is 0 Å². The normalized spacial score (nSPS) is 13.4. The van der Waals surface area contributed by atoms with E-state index in [0.29, 0.717) is 6.54 Å². The van der Waals surface area contributed by atoms with Gasteiger partial charge >= 0.3 is 0 Å². The molecule has 0 spiro atoms. The van der Waals surface area contributed by atoms with Crippen LogP contribution in [-0.4, -0.2) is 32.7 Å². The number of likely N-dealkylation sites (N-methyl/N-ethyl adjacent to an activating group) is 1. The van der Waals surface area contributed by atoms with Gasteiger partial charge in [-0.05, 0) is 39.0 Å². The molecule has 0 fully saturated rings. The van der Waals surface area contributed by atoms with Crippen molar-refractivity contribution in [3.05, 3.63) is 23.8 Å². The molecule has 0 bridgehead atoms. The van der Waals surface area contributed by atoms with Crippen molar-refractivity contribution in [1.82, 2.24) is 10.6 Å². The smallest absolute Gasteiger partial charge is 0.236 e. The van der Waals surface area contributed by atoms with Crippen molar-refractivity contribution < 1.29 is 14.3 Å². The Morgan fingerprint density at radius 3 is 2.50 bits per heavy atom. The molecular weight excluding hydrogens is 256 g/mol. The molecule has 5 heteroatoms. The highest BCUT2D eigenvalue weighted by Gasteiger charge is 2.18. The van der Waals surface area contributed by atoms with Crippen LogP contribution in [0.5, 0.6) is 11.5 Å². The molecule has 2 unspecified atom stereocenters. The van der Waals surface area contributed by atoms with Gasteiger partial charge in [-0.2, -0.15) is 0 Å². The van der Waals surface area contributed by atoms with Crippen LogP contribution in [0.4, 0.5) is 0 Å². The number of nitrogens with one attached hydrogen (secondary N) is 2. The number of carbonyl (C=O) groups excluding carboxylic acids is 1. The third kappa shape index (κ3) is 4.13. The second-order valence-corrected chi connectivity index (χ2v) is 4.61. The fourth-order valence-corrected chi connectivity index (χ4v) is 2.05. The maximum atomic E-state index is 11.8. The van der Waals surface area contributed by atoms with E-state index in [1.807, 2.05) is 39.0 Å². The molecule has 1 aromatic rings. The molecule has 1 amide bonds. The van der Waals surface area contributed by atoms with Gasteiger partial charge in [0.2, 0.25) is 5.91 Å². The van der Waals surface area contributed by atoms with Crippen molar-refractivity contribution >= 4 is 5.91 Å². The van der Waals surface area contributed by atoms with Gasteiger partial charge in [-0.3, -0.25) is 10.1 Å². The Labute approximate surface area is 120 Å². The number of ether oxygens (including phenoxy) is 2. The number of methoxy groups -OCH3 is 2. The van der Waals surface area contributed by atoms with Gasteiger partial charge in [0.25, 0.3) is 0 Å². The zero-order valence-electron chi connectivity index (χ0n) is 12.8. The van der Waals surface area contributed by atoms with Crippen LogP contribution in [0.25, 0.3) is 0 Å². The molecule has 0 heterocycles. The van der Waals surface area contributed by atoms with Gasteiger partial charge in [-0.1, -0.05) is 0 Å². The lowest BCUT2D eigenvalue weighted by atomic mass is 10.1. The Balaban J connectivity index is 2.85. The van der Waals surface area contributed by atoms with Crippen LogP contribution >= 0.6 is 0 Å². The summed E-state index contributed by atoms with van der Waals surface area (Å²) < 4.78 is 10.6. The highest BCUT2D eigenvalue weighted by atomic mass is 16.5. The zero-order valence-corrected chi connectivity index (χ0v) is 12.8. The van der Waals surface area contributed by atoms with Gasteiger partial charge in [0.05, 0.1) is 20.3 Å². The van der Waals surface area contributed by atoms with E-state index in [1.54, 1.807) is 14.2 Å². The minimum atomic E-state index is -0.277. The number of rotatable bonds is 7. The summed E-state index contributed by atoms with van der Waals surface area (Å²) in [6.07, 6.45) is 0. The van der Waals surface area contributed by atoms with Gasteiger partial charge in [0.15, 0.2) is 0 Å². The van der Waals surface area contributed by atoms with Crippen molar-refractivity contribution in [3.8, 4) is 11.5 Å². The molecule has 5 nitrogen and oxygen atoms in total. The average Bonchev–Trinajstić information content (AvgIpc) is 2.46. The summed E-state index contributed by atoms with van der Waals surface area (Å²) in [4.78, 5) is 11.8. The Morgan fingerprint density at radius 1 is 1.25 bits per heavy atom. The van der Waals surface area contributed by atoms with E-state index in [2.05, 4.69) is 10.6 Å². The molecule has 0 aromatic heterocycles. The van der Waals surface area contributed by atoms with E-state index in [9.17, 15) is 4.79 Å². The van der Waals surface area contributed by atoms with Crippen LogP contribution in [0.1, 0.15) is 32.4 Å². The molecular formula is C15H24N2O3. The fraction of sp³-hybridized carbons (Fsp3) is 0.533. The largest absolute Gasteiger partial charge is 0.497 e. The van der Waals surface area contributed by atoms with Crippen LogP contribution in [0, 0.1) is 0 Å². The molecule has 0 saturated heterocycles. The molecule has 112 valence electrons. The molecule has 0 aliphatic heterocycles. The average molecular weight is 280 g/mol. The van der Waals surface area contributed by atoms with Gasteiger partial charge in [0, 0.05) is 18.2 Å². The minimum absolute atomic E-state index is 0.0128. The first kappa shape index (κ1) is 16.3. The first-order valence-corrected chi connectivity index (χ1v) is 6.79. The highest BCUT2D eigenvalue weighted by Crippen LogP contribution is 2.29. The lowest BCUT2D eigenvalue weighted by Crippen LogP contribution is -2.43. The molecule has 0 saturated carbocycles. The highest BCUT2D eigenvalue weighted by molar-refractivity contribution is 5.81. The summed E-state index contributed by atoms with van der Waals surface area (Å²) in [5.41, 5.74) is 0.961. The van der Waals surface area contributed by atoms with Crippen LogP contribution in [0.2, 0.25) is 0 Å². The number of hydrogen-bond acceptors (Lipinski definition) is 4. The SMILES string of the molecule is CCNC(=O)C(C)NC(C)c1cc(OC)ccc1OC. The Hall–Kier alpha value is -1.75. The summed E-state index contributed by atoms with van der Waals surface area (Å²) >= 11 is 0. The molecule has 1 aromatic carbocycles. The lowest BCUT2D eigenvalue weighted by Gasteiger charge is -2.22. The maximum Gasteiger partial charge on any atom is 0.236 e. The quantitative estimate of drug-likeness (QED) is 0.800. The van der Waals surface area contributed by atoms with Crippen molar-refractivity contribution in [1.29, 1.82) is 0 Å². The molecule has 2 atom stereocenters.